The molecule has 0 aliphatic heterocycles. The zero-order chi connectivity index (χ0) is 15.2. The molecular formula is C17H15BrClNO. The van der Waals surface area contributed by atoms with Crippen LogP contribution in [0, 0.1) is 0 Å². The molecule has 21 heavy (non-hydrogen) atoms. The van der Waals surface area contributed by atoms with Gasteiger partial charge in [0.15, 0.2) is 5.78 Å². The van der Waals surface area contributed by atoms with Gasteiger partial charge in [0.05, 0.1) is 0 Å². The Morgan fingerprint density at radius 2 is 2.00 bits per heavy atom. The largest absolute Gasteiger partial charge is 0.393 e. The van der Waals surface area contributed by atoms with Crippen molar-refractivity contribution in [3.05, 3.63) is 75.4 Å². The molecule has 0 aliphatic rings. The summed E-state index contributed by atoms with van der Waals surface area (Å²) in [5.41, 5.74) is 2.41. The molecule has 108 valence electrons. The first-order valence-corrected chi connectivity index (χ1v) is 7.68. The fraction of sp³-hybridized carbons (Fsp3) is 0.118. The van der Waals surface area contributed by atoms with Crippen molar-refractivity contribution in [2.24, 2.45) is 0 Å². The van der Waals surface area contributed by atoms with Gasteiger partial charge in [-0.15, -0.1) is 0 Å². The van der Waals surface area contributed by atoms with Gasteiger partial charge in [-0.1, -0.05) is 51.8 Å². The van der Waals surface area contributed by atoms with Crippen LogP contribution in [0.15, 0.2) is 59.2 Å². The van der Waals surface area contributed by atoms with Gasteiger partial charge in [0.25, 0.3) is 0 Å². The SMILES string of the molecule is CNC=C(C(=O)Cc1cccc(Br)c1)c1cccc(Cl)c1. The molecule has 0 unspecified atom stereocenters. The van der Waals surface area contributed by atoms with E-state index in [1.807, 2.05) is 36.4 Å². The van der Waals surface area contributed by atoms with Gasteiger partial charge in [0.1, 0.15) is 0 Å². The molecule has 2 aromatic rings. The second-order valence-electron chi connectivity index (χ2n) is 4.59. The van der Waals surface area contributed by atoms with Crippen LogP contribution in [0.2, 0.25) is 5.02 Å². The second-order valence-corrected chi connectivity index (χ2v) is 5.94. The molecule has 0 aliphatic carbocycles. The molecule has 0 saturated heterocycles. The number of allylic oxidation sites excluding steroid dienone is 1. The molecule has 4 heteroatoms. The van der Waals surface area contributed by atoms with E-state index in [1.165, 1.54) is 0 Å². The van der Waals surface area contributed by atoms with E-state index < -0.39 is 0 Å². The topological polar surface area (TPSA) is 29.1 Å². The van der Waals surface area contributed by atoms with Gasteiger partial charge >= 0.3 is 0 Å². The monoisotopic (exact) mass is 363 g/mol. The smallest absolute Gasteiger partial charge is 0.169 e. The zero-order valence-electron chi connectivity index (χ0n) is 11.6. The van der Waals surface area contributed by atoms with Crippen molar-refractivity contribution in [2.45, 2.75) is 6.42 Å². The van der Waals surface area contributed by atoms with Gasteiger partial charge in [-0.3, -0.25) is 4.79 Å². The third kappa shape index (κ3) is 4.45. The van der Waals surface area contributed by atoms with Gasteiger partial charge in [-0.2, -0.15) is 0 Å². The second kappa shape index (κ2) is 7.43. The number of nitrogens with one attached hydrogen (secondary N) is 1. The summed E-state index contributed by atoms with van der Waals surface area (Å²) in [6.07, 6.45) is 2.06. The Morgan fingerprint density at radius 3 is 2.67 bits per heavy atom. The highest BCUT2D eigenvalue weighted by Crippen LogP contribution is 2.21. The van der Waals surface area contributed by atoms with Crippen molar-refractivity contribution >= 4 is 38.9 Å². The lowest BCUT2D eigenvalue weighted by molar-refractivity contribution is -0.113. The molecule has 0 saturated carbocycles. The molecule has 0 amide bonds. The molecule has 2 rings (SSSR count). The number of carbonyl (C=O) groups excluding carboxylic acids is 1. The lowest BCUT2D eigenvalue weighted by Gasteiger charge is -2.08. The van der Waals surface area contributed by atoms with E-state index in [0.717, 1.165) is 15.6 Å². The molecule has 0 spiro atoms. The maximum Gasteiger partial charge on any atom is 0.169 e. The average Bonchev–Trinajstić information content (AvgIpc) is 2.44. The number of rotatable bonds is 5. The lowest BCUT2D eigenvalue weighted by Crippen LogP contribution is -2.09. The van der Waals surface area contributed by atoms with Crippen molar-refractivity contribution in [3.63, 3.8) is 0 Å². The van der Waals surface area contributed by atoms with Crippen LogP contribution in [0.5, 0.6) is 0 Å². The van der Waals surface area contributed by atoms with Crippen molar-refractivity contribution in [1.82, 2.24) is 5.32 Å². The predicted molar refractivity (Wildman–Crippen MR) is 91.3 cm³/mol. The van der Waals surface area contributed by atoms with Crippen LogP contribution in [0.25, 0.3) is 5.57 Å². The highest BCUT2D eigenvalue weighted by atomic mass is 79.9. The maximum absolute atomic E-state index is 12.6. The number of benzene rings is 2. The van der Waals surface area contributed by atoms with E-state index >= 15 is 0 Å². The van der Waals surface area contributed by atoms with E-state index in [-0.39, 0.29) is 5.78 Å². The third-order valence-electron chi connectivity index (χ3n) is 2.98. The van der Waals surface area contributed by atoms with Gasteiger partial charge in [-0.25, -0.2) is 0 Å². The van der Waals surface area contributed by atoms with Crippen LogP contribution in [0.1, 0.15) is 11.1 Å². The predicted octanol–water partition coefficient (Wildman–Crippen LogP) is 4.47. The molecule has 1 N–H and O–H groups in total. The van der Waals surface area contributed by atoms with Crippen LogP contribution in [-0.4, -0.2) is 12.8 Å². The fourth-order valence-electron chi connectivity index (χ4n) is 2.05. The van der Waals surface area contributed by atoms with Crippen LogP contribution >= 0.6 is 27.5 Å². The minimum absolute atomic E-state index is 0.0460. The maximum atomic E-state index is 12.6. The van der Waals surface area contributed by atoms with Crippen LogP contribution in [-0.2, 0) is 11.2 Å². The third-order valence-corrected chi connectivity index (χ3v) is 3.71. The summed E-state index contributed by atoms with van der Waals surface area (Å²) < 4.78 is 0.967. The Morgan fingerprint density at radius 1 is 1.24 bits per heavy atom. The van der Waals surface area contributed by atoms with Crippen LogP contribution in [0.4, 0.5) is 0 Å². The first-order valence-electron chi connectivity index (χ1n) is 6.51. The molecule has 0 heterocycles. The van der Waals surface area contributed by atoms with Crippen molar-refractivity contribution in [2.75, 3.05) is 7.05 Å². The molecular weight excluding hydrogens is 350 g/mol. The summed E-state index contributed by atoms with van der Waals surface area (Å²) in [5.74, 6) is 0.0460. The van der Waals surface area contributed by atoms with Gasteiger partial charge in [0, 0.05) is 34.7 Å². The van der Waals surface area contributed by atoms with E-state index in [9.17, 15) is 4.79 Å². The van der Waals surface area contributed by atoms with E-state index in [0.29, 0.717) is 17.0 Å². The van der Waals surface area contributed by atoms with Gasteiger partial charge in [-0.05, 0) is 35.4 Å². The summed E-state index contributed by atoms with van der Waals surface area (Å²) in [5, 5.41) is 3.54. The average molecular weight is 365 g/mol. The summed E-state index contributed by atoms with van der Waals surface area (Å²) >= 11 is 9.43. The van der Waals surface area contributed by atoms with E-state index in [2.05, 4.69) is 21.2 Å². The first-order chi connectivity index (χ1) is 10.1. The van der Waals surface area contributed by atoms with Crippen molar-refractivity contribution < 1.29 is 4.79 Å². The molecule has 0 aromatic heterocycles. The quantitative estimate of drug-likeness (QED) is 0.793. The molecule has 2 aromatic carbocycles. The Hall–Kier alpha value is -1.58. The highest BCUT2D eigenvalue weighted by Gasteiger charge is 2.13. The number of ketones is 1. The Labute approximate surface area is 138 Å². The summed E-state index contributed by atoms with van der Waals surface area (Å²) in [7, 11) is 1.77. The minimum Gasteiger partial charge on any atom is -0.393 e. The van der Waals surface area contributed by atoms with E-state index in [4.69, 9.17) is 11.6 Å². The number of Topliss-reactive ketones (excluding diaryl/α,β-unsaturated/α-hetero) is 1. The normalized spacial score (nSPS) is 11.3. The van der Waals surface area contributed by atoms with Gasteiger partial charge in [0.2, 0.25) is 0 Å². The molecule has 2 nitrogen and oxygen atoms in total. The van der Waals surface area contributed by atoms with Crippen LogP contribution in [0.3, 0.4) is 0 Å². The molecule has 0 atom stereocenters. The standard InChI is InChI=1S/C17H15BrClNO/c1-20-11-16(13-5-3-7-15(19)10-13)17(21)9-12-4-2-6-14(18)8-12/h2-8,10-11,20H,9H2,1H3. The molecule has 0 fully saturated rings. The molecule has 0 bridgehead atoms. The number of hydrogen-bond acceptors (Lipinski definition) is 2. The molecule has 0 radical (unpaired) electrons. The number of hydrogen-bond donors (Lipinski definition) is 1. The number of carbonyl (C=O) groups is 1. The zero-order valence-corrected chi connectivity index (χ0v) is 13.9. The summed E-state index contributed by atoms with van der Waals surface area (Å²) in [6.45, 7) is 0. The first kappa shape index (κ1) is 15.8. The van der Waals surface area contributed by atoms with Crippen LogP contribution < -0.4 is 5.32 Å². The van der Waals surface area contributed by atoms with Crippen molar-refractivity contribution in [1.29, 1.82) is 0 Å². The summed E-state index contributed by atoms with van der Waals surface area (Å²) in [4.78, 5) is 12.6. The van der Waals surface area contributed by atoms with E-state index in [1.54, 1.807) is 25.4 Å². The fourth-order valence-corrected chi connectivity index (χ4v) is 2.69. The highest BCUT2D eigenvalue weighted by molar-refractivity contribution is 9.10. The lowest BCUT2D eigenvalue weighted by atomic mass is 9.98. The Kier molecular flexibility index (Phi) is 5.59. The number of halogens is 2. The Bertz CT molecular complexity index is 682. The Balaban J connectivity index is 2.27. The minimum atomic E-state index is 0.0460. The summed E-state index contributed by atoms with van der Waals surface area (Å²) in [6, 6.07) is 15.1. The van der Waals surface area contributed by atoms with Crippen molar-refractivity contribution in [3.8, 4) is 0 Å². The van der Waals surface area contributed by atoms with Gasteiger partial charge < -0.3 is 5.32 Å².